The first-order chi connectivity index (χ1) is 13.1. The highest BCUT2D eigenvalue weighted by Gasteiger charge is 2.24. The second-order valence-corrected chi connectivity index (χ2v) is 8.29. The lowest BCUT2D eigenvalue weighted by molar-refractivity contribution is -0.115. The minimum atomic E-state index is -0.171. The van der Waals surface area contributed by atoms with E-state index in [4.69, 9.17) is 11.6 Å². The molecular formula is C20H13ClN2O2S2. The normalized spacial score (nSPS) is 16.9. The zero-order valence-electron chi connectivity index (χ0n) is 13.8. The summed E-state index contributed by atoms with van der Waals surface area (Å²) in [6, 6.07) is 18.2. The van der Waals surface area contributed by atoms with Crippen LogP contribution < -0.4 is 5.32 Å². The average molecular weight is 413 g/mol. The topological polar surface area (TPSA) is 61.7 Å². The zero-order chi connectivity index (χ0) is 18.8. The van der Waals surface area contributed by atoms with Crippen LogP contribution in [0.3, 0.4) is 0 Å². The Hall–Kier alpha value is -2.54. The Bertz CT molecular complexity index is 1070. The highest BCUT2D eigenvalue weighted by Crippen LogP contribution is 2.34. The van der Waals surface area contributed by atoms with Crippen LogP contribution in [-0.4, -0.2) is 16.2 Å². The van der Waals surface area contributed by atoms with Gasteiger partial charge in [0.25, 0.3) is 5.91 Å². The number of benzene rings is 2. The lowest BCUT2D eigenvalue weighted by Gasteiger charge is -1.97. The molecule has 2 aromatic carbocycles. The number of hydrogen-bond acceptors (Lipinski definition) is 5. The van der Waals surface area contributed by atoms with Crippen molar-refractivity contribution in [2.75, 3.05) is 0 Å². The quantitative estimate of drug-likeness (QED) is 0.545. The molecule has 1 aromatic heterocycles. The summed E-state index contributed by atoms with van der Waals surface area (Å²) in [5.41, 5.74) is 1.71. The number of hydrogen-bond donors (Lipinski definition) is 2. The molecule has 0 unspecified atom stereocenters. The van der Waals surface area contributed by atoms with E-state index in [1.807, 2.05) is 42.5 Å². The minimum absolute atomic E-state index is 0.171. The summed E-state index contributed by atoms with van der Waals surface area (Å²) >= 11 is 8.95. The van der Waals surface area contributed by atoms with Gasteiger partial charge in [-0.2, -0.15) is 0 Å². The number of phenols is 1. The molecule has 4 rings (SSSR count). The van der Waals surface area contributed by atoms with Crippen LogP contribution in [0.2, 0.25) is 5.02 Å². The van der Waals surface area contributed by atoms with Crippen molar-refractivity contribution < 1.29 is 9.90 Å². The molecule has 4 nitrogen and oxygen atoms in total. The van der Waals surface area contributed by atoms with Crippen LogP contribution in [0, 0.1) is 0 Å². The van der Waals surface area contributed by atoms with Crippen molar-refractivity contribution in [1.82, 2.24) is 5.32 Å². The molecule has 7 heteroatoms. The molecule has 1 aliphatic heterocycles. The predicted octanol–water partition coefficient (Wildman–Crippen LogP) is 5.67. The van der Waals surface area contributed by atoms with Gasteiger partial charge in [-0.3, -0.25) is 4.79 Å². The highest BCUT2D eigenvalue weighted by molar-refractivity contribution is 8.18. The standard InChI is InChI=1S/C20H13ClN2O2S2/c21-13-3-1-2-12(10-13)17-9-8-16(26-17)11-18-19(25)23-20(27-18)22-14-4-6-15(24)7-5-14/h1-11,24H,(H,22,23,25). The van der Waals surface area contributed by atoms with Crippen molar-refractivity contribution in [2.24, 2.45) is 4.99 Å². The van der Waals surface area contributed by atoms with E-state index < -0.39 is 0 Å². The molecule has 0 radical (unpaired) electrons. The lowest BCUT2D eigenvalue weighted by Crippen LogP contribution is -2.19. The van der Waals surface area contributed by atoms with E-state index in [0.717, 1.165) is 15.3 Å². The van der Waals surface area contributed by atoms with Gasteiger partial charge in [0.1, 0.15) is 5.75 Å². The molecule has 1 saturated heterocycles. The van der Waals surface area contributed by atoms with E-state index in [0.29, 0.717) is 20.8 Å². The summed E-state index contributed by atoms with van der Waals surface area (Å²) < 4.78 is 0. The van der Waals surface area contributed by atoms with Gasteiger partial charge in [0.2, 0.25) is 0 Å². The summed E-state index contributed by atoms with van der Waals surface area (Å²) in [4.78, 5) is 19.3. The minimum Gasteiger partial charge on any atom is -0.508 e. The number of thiophene rings is 1. The summed E-state index contributed by atoms with van der Waals surface area (Å²) in [6.45, 7) is 0. The van der Waals surface area contributed by atoms with Gasteiger partial charge in [0, 0.05) is 14.8 Å². The summed E-state index contributed by atoms with van der Waals surface area (Å²) in [5.74, 6) is 0.00563. The van der Waals surface area contributed by atoms with Gasteiger partial charge in [-0.05, 0) is 71.9 Å². The van der Waals surface area contributed by atoms with Crippen molar-refractivity contribution in [3.63, 3.8) is 0 Å². The van der Waals surface area contributed by atoms with E-state index in [-0.39, 0.29) is 11.7 Å². The first-order valence-electron chi connectivity index (χ1n) is 8.01. The number of carbonyl (C=O) groups excluding carboxylic acids is 1. The van der Waals surface area contributed by atoms with Gasteiger partial charge < -0.3 is 10.4 Å². The van der Waals surface area contributed by atoms with Gasteiger partial charge in [-0.15, -0.1) is 11.3 Å². The molecule has 2 N–H and O–H groups in total. The number of carbonyl (C=O) groups is 1. The van der Waals surface area contributed by atoms with Crippen LogP contribution in [0.15, 0.2) is 70.6 Å². The Morgan fingerprint density at radius 3 is 2.67 bits per heavy atom. The van der Waals surface area contributed by atoms with E-state index in [1.54, 1.807) is 35.6 Å². The number of aliphatic imine (C=N–C) groups is 1. The van der Waals surface area contributed by atoms with Gasteiger partial charge >= 0.3 is 0 Å². The van der Waals surface area contributed by atoms with Crippen LogP contribution in [0.25, 0.3) is 16.5 Å². The van der Waals surface area contributed by atoms with Crippen LogP contribution in [0.4, 0.5) is 5.69 Å². The maximum atomic E-state index is 12.2. The molecule has 0 bridgehead atoms. The number of aromatic hydroxyl groups is 1. The monoisotopic (exact) mass is 412 g/mol. The Morgan fingerprint density at radius 2 is 1.89 bits per heavy atom. The molecule has 27 heavy (non-hydrogen) atoms. The third-order valence-electron chi connectivity index (χ3n) is 3.74. The molecular weight excluding hydrogens is 400 g/mol. The number of amides is 1. The van der Waals surface area contributed by atoms with E-state index in [2.05, 4.69) is 10.3 Å². The summed E-state index contributed by atoms with van der Waals surface area (Å²) in [5, 5.41) is 13.3. The fourth-order valence-electron chi connectivity index (χ4n) is 2.48. The van der Waals surface area contributed by atoms with Crippen molar-refractivity contribution in [3.05, 3.63) is 75.5 Å². The number of nitrogens with one attached hydrogen (secondary N) is 1. The fourth-order valence-corrected chi connectivity index (χ4v) is 4.53. The number of rotatable bonds is 3. The number of halogens is 1. The lowest BCUT2D eigenvalue weighted by atomic mass is 10.2. The summed E-state index contributed by atoms with van der Waals surface area (Å²) in [6.07, 6.45) is 1.86. The molecule has 0 atom stereocenters. The third-order valence-corrected chi connectivity index (χ3v) is 5.97. The van der Waals surface area contributed by atoms with E-state index in [9.17, 15) is 9.90 Å². The largest absolute Gasteiger partial charge is 0.508 e. The number of amidine groups is 1. The maximum absolute atomic E-state index is 12.2. The van der Waals surface area contributed by atoms with E-state index in [1.165, 1.54) is 11.8 Å². The smallest absolute Gasteiger partial charge is 0.264 e. The maximum Gasteiger partial charge on any atom is 0.264 e. The number of phenolic OH excluding ortho intramolecular Hbond substituents is 1. The van der Waals surface area contributed by atoms with Gasteiger partial charge in [0.15, 0.2) is 5.17 Å². The molecule has 134 valence electrons. The van der Waals surface area contributed by atoms with Gasteiger partial charge in [-0.25, -0.2) is 4.99 Å². The van der Waals surface area contributed by atoms with Gasteiger partial charge in [0.05, 0.1) is 10.6 Å². The molecule has 3 aromatic rings. The number of thioether (sulfide) groups is 1. The molecule has 0 saturated carbocycles. The predicted molar refractivity (Wildman–Crippen MR) is 114 cm³/mol. The first-order valence-corrected chi connectivity index (χ1v) is 10.0. The van der Waals surface area contributed by atoms with E-state index >= 15 is 0 Å². The summed E-state index contributed by atoms with van der Waals surface area (Å²) in [7, 11) is 0. The Balaban J connectivity index is 1.54. The van der Waals surface area contributed by atoms with Crippen molar-refractivity contribution in [3.8, 4) is 16.2 Å². The Labute approximate surface area is 169 Å². The second kappa shape index (κ2) is 7.60. The molecule has 2 heterocycles. The zero-order valence-corrected chi connectivity index (χ0v) is 16.2. The van der Waals surface area contributed by atoms with Crippen LogP contribution in [-0.2, 0) is 4.79 Å². The first kappa shape index (κ1) is 17.9. The number of nitrogens with zero attached hydrogens (tertiary/aromatic N) is 1. The van der Waals surface area contributed by atoms with Crippen molar-refractivity contribution in [2.45, 2.75) is 0 Å². The fraction of sp³-hybridized carbons (Fsp3) is 0. The molecule has 0 aliphatic carbocycles. The molecule has 1 fully saturated rings. The van der Waals surface area contributed by atoms with Crippen LogP contribution in [0.1, 0.15) is 4.88 Å². The molecule has 1 amide bonds. The highest BCUT2D eigenvalue weighted by atomic mass is 35.5. The second-order valence-electron chi connectivity index (χ2n) is 5.71. The van der Waals surface area contributed by atoms with Crippen molar-refractivity contribution >= 4 is 57.5 Å². The average Bonchev–Trinajstić information content (AvgIpc) is 3.24. The third kappa shape index (κ3) is 4.24. The Kier molecular flexibility index (Phi) is 5.03. The molecule has 1 aliphatic rings. The Morgan fingerprint density at radius 1 is 1.07 bits per heavy atom. The van der Waals surface area contributed by atoms with Gasteiger partial charge in [-0.1, -0.05) is 23.7 Å². The van der Waals surface area contributed by atoms with Crippen molar-refractivity contribution in [1.29, 1.82) is 0 Å². The van der Waals surface area contributed by atoms with Crippen LogP contribution in [0.5, 0.6) is 5.75 Å². The van der Waals surface area contributed by atoms with Crippen LogP contribution >= 0.6 is 34.7 Å². The SMILES string of the molecule is O=C1NC(=Nc2ccc(O)cc2)SC1=Cc1ccc(-c2cccc(Cl)c2)s1. The molecule has 0 spiro atoms.